The molecule has 0 radical (unpaired) electrons. The van der Waals surface area contributed by atoms with Crippen LogP contribution >= 0.6 is 0 Å². The molecule has 1 heterocycles. The Morgan fingerprint density at radius 2 is 2.10 bits per heavy atom. The number of sulfonamides is 1. The van der Waals surface area contributed by atoms with E-state index in [0.29, 0.717) is 11.5 Å². The monoisotopic (exact) mass is 295 g/mol. The zero-order chi connectivity index (χ0) is 14.8. The van der Waals surface area contributed by atoms with E-state index in [1.165, 1.54) is 4.68 Å². The van der Waals surface area contributed by atoms with E-state index < -0.39 is 10.0 Å². The average molecular weight is 295 g/mol. The molecule has 0 saturated carbocycles. The molecule has 0 spiro atoms. The topological polar surface area (TPSA) is 73.2 Å². The van der Waals surface area contributed by atoms with Crippen LogP contribution in [0.5, 0.6) is 5.75 Å². The highest BCUT2D eigenvalue weighted by Crippen LogP contribution is 2.25. The third-order valence-corrected chi connectivity index (χ3v) is 4.17. The number of rotatable bonds is 5. The maximum atomic E-state index is 11.6. The number of nitrogens with one attached hydrogen (secondary N) is 1. The molecule has 0 aliphatic carbocycles. The Kier molecular flexibility index (Phi) is 3.99. The summed E-state index contributed by atoms with van der Waals surface area (Å²) in [5.74, 6) is 1.18. The lowest BCUT2D eigenvalue weighted by molar-refractivity contribution is 0.415. The highest BCUT2D eigenvalue weighted by atomic mass is 32.2. The molecule has 0 saturated heterocycles. The zero-order valence-electron chi connectivity index (χ0n) is 11.6. The van der Waals surface area contributed by atoms with Crippen molar-refractivity contribution in [3.63, 3.8) is 0 Å². The quantitative estimate of drug-likeness (QED) is 0.913. The van der Waals surface area contributed by atoms with E-state index in [1.54, 1.807) is 27.1 Å². The molecule has 0 bridgehead atoms. The molecular formula is C13H17N3O3S. The second-order valence-corrected chi connectivity index (χ2v) is 6.29. The van der Waals surface area contributed by atoms with E-state index in [2.05, 4.69) is 9.82 Å². The minimum Gasteiger partial charge on any atom is -0.497 e. The molecule has 1 aromatic heterocycles. The Morgan fingerprint density at radius 1 is 1.35 bits per heavy atom. The Morgan fingerprint density at radius 3 is 2.75 bits per heavy atom. The van der Waals surface area contributed by atoms with Gasteiger partial charge in [-0.2, -0.15) is 5.10 Å². The molecule has 0 fully saturated rings. The highest BCUT2D eigenvalue weighted by Gasteiger charge is 2.13. The number of nitrogens with zero attached hydrogens (tertiary/aromatic N) is 2. The van der Waals surface area contributed by atoms with Gasteiger partial charge in [0.05, 0.1) is 18.6 Å². The van der Waals surface area contributed by atoms with Gasteiger partial charge in [-0.1, -0.05) is 12.1 Å². The Bertz CT molecular complexity index is 707. The van der Waals surface area contributed by atoms with Crippen molar-refractivity contribution in [2.24, 2.45) is 7.05 Å². The van der Waals surface area contributed by atoms with Crippen LogP contribution in [-0.2, 0) is 17.1 Å². The predicted octanol–water partition coefficient (Wildman–Crippen LogP) is 1.86. The minimum atomic E-state index is -3.31. The summed E-state index contributed by atoms with van der Waals surface area (Å²) in [5.41, 5.74) is 1.54. The zero-order valence-corrected chi connectivity index (χ0v) is 12.4. The normalized spacial score (nSPS) is 11.3. The summed E-state index contributed by atoms with van der Waals surface area (Å²) in [7, 11) is -0.0250. The number of ether oxygens (including phenoxy) is 1. The molecule has 0 aliphatic heterocycles. The van der Waals surface area contributed by atoms with Crippen LogP contribution in [0.1, 0.15) is 6.92 Å². The summed E-state index contributed by atoms with van der Waals surface area (Å²) in [6, 6.07) is 9.14. The third kappa shape index (κ3) is 3.11. The van der Waals surface area contributed by atoms with Gasteiger partial charge in [0.15, 0.2) is 0 Å². The summed E-state index contributed by atoms with van der Waals surface area (Å²) in [4.78, 5) is 0. The lowest BCUT2D eigenvalue weighted by Gasteiger charge is -2.04. The van der Waals surface area contributed by atoms with Crippen molar-refractivity contribution in [1.29, 1.82) is 0 Å². The second kappa shape index (κ2) is 5.54. The molecule has 7 heteroatoms. The first-order valence-corrected chi connectivity index (χ1v) is 7.79. The standard InChI is InChI=1S/C13H17N3O3S/c1-4-20(17,18)15-13-9-12(14-16(13)2)10-6-5-7-11(8-10)19-3/h5-9,15H,4H2,1-3H3. The van der Waals surface area contributed by atoms with Crippen molar-refractivity contribution in [2.75, 3.05) is 17.6 Å². The van der Waals surface area contributed by atoms with E-state index >= 15 is 0 Å². The summed E-state index contributed by atoms with van der Waals surface area (Å²) >= 11 is 0. The fourth-order valence-electron chi connectivity index (χ4n) is 1.72. The maximum absolute atomic E-state index is 11.6. The number of hydrogen-bond acceptors (Lipinski definition) is 4. The number of anilines is 1. The fraction of sp³-hybridized carbons (Fsp3) is 0.308. The molecule has 0 aliphatic rings. The van der Waals surface area contributed by atoms with E-state index in [0.717, 1.165) is 11.3 Å². The second-order valence-electron chi connectivity index (χ2n) is 4.28. The van der Waals surface area contributed by atoms with Crippen molar-refractivity contribution in [3.05, 3.63) is 30.3 Å². The van der Waals surface area contributed by atoms with Gasteiger partial charge < -0.3 is 4.74 Å². The molecule has 20 heavy (non-hydrogen) atoms. The summed E-state index contributed by atoms with van der Waals surface area (Å²) in [5, 5.41) is 4.31. The van der Waals surface area contributed by atoms with Crippen molar-refractivity contribution < 1.29 is 13.2 Å². The first kappa shape index (κ1) is 14.4. The van der Waals surface area contributed by atoms with Gasteiger partial charge >= 0.3 is 0 Å². The highest BCUT2D eigenvalue weighted by molar-refractivity contribution is 7.92. The van der Waals surface area contributed by atoms with Gasteiger partial charge in [-0.3, -0.25) is 9.40 Å². The largest absolute Gasteiger partial charge is 0.497 e. The Labute approximate surface area is 118 Å². The van der Waals surface area contributed by atoms with Crippen LogP contribution < -0.4 is 9.46 Å². The van der Waals surface area contributed by atoms with Crippen LogP contribution in [-0.4, -0.2) is 31.1 Å². The van der Waals surface area contributed by atoms with Crippen molar-refractivity contribution in [2.45, 2.75) is 6.92 Å². The Hall–Kier alpha value is -2.02. The lowest BCUT2D eigenvalue weighted by atomic mass is 10.1. The molecule has 1 aromatic carbocycles. The summed E-state index contributed by atoms with van der Waals surface area (Å²) in [6.45, 7) is 1.58. The van der Waals surface area contributed by atoms with Crippen LogP contribution in [0, 0.1) is 0 Å². The van der Waals surface area contributed by atoms with E-state index in [1.807, 2.05) is 24.3 Å². The molecular weight excluding hydrogens is 278 g/mol. The van der Waals surface area contributed by atoms with E-state index in [4.69, 9.17) is 4.74 Å². The van der Waals surface area contributed by atoms with Crippen molar-refractivity contribution >= 4 is 15.8 Å². The molecule has 1 N–H and O–H groups in total. The summed E-state index contributed by atoms with van der Waals surface area (Å²) in [6.07, 6.45) is 0. The SMILES string of the molecule is CCS(=O)(=O)Nc1cc(-c2cccc(OC)c2)nn1C. The van der Waals surface area contributed by atoms with Crippen molar-refractivity contribution in [3.8, 4) is 17.0 Å². The molecule has 0 atom stereocenters. The first-order valence-electron chi connectivity index (χ1n) is 6.14. The minimum absolute atomic E-state index is 0.0205. The first-order chi connectivity index (χ1) is 9.45. The van der Waals surface area contributed by atoms with Gasteiger partial charge in [-0.05, 0) is 19.1 Å². The van der Waals surface area contributed by atoms with Crippen LogP contribution in [0.15, 0.2) is 30.3 Å². The molecule has 0 unspecified atom stereocenters. The average Bonchev–Trinajstić information content (AvgIpc) is 2.80. The van der Waals surface area contributed by atoms with E-state index in [9.17, 15) is 8.42 Å². The van der Waals surface area contributed by atoms with Gasteiger partial charge in [0.1, 0.15) is 11.6 Å². The number of aryl methyl sites for hydroxylation is 1. The predicted molar refractivity (Wildman–Crippen MR) is 78.3 cm³/mol. The Balaban J connectivity index is 2.35. The maximum Gasteiger partial charge on any atom is 0.233 e. The number of methoxy groups -OCH3 is 1. The third-order valence-electron chi connectivity index (χ3n) is 2.89. The smallest absolute Gasteiger partial charge is 0.233 e. The van der Waals surface area contributed by atoms with Gasteiger partial charge in [0.2, 0.25) is 10.0 Å². The number of aromatic nitrogens is 2. The van der Waals surface area contributed by atoms with E-state index in [-0.39, 0.29) is 5.75 Å². The molecule has 6 nitrogen and oxygen atoms in total. The number of benzene rings is 1. The van der Waals surface area contributed by atoms with Gasteiger partial charge in [0.25, 0.3) is 0 Å². The number of hydrogen-bond donors (Lipinski definition) is 1. The van der Waals surface area contributed by atoms with Crippen LogP contribution in [0.25, 0.3) is 11.3 Å². The van der Waals surface area contributed by atoms with Crippen LogP contribution in [0.4, 0.5) is 5.82 Å². The molecule has 0 amide bonds. The van der Waals surface area contributed by atoms with Crippen LogP contribution in [0.2, 0.25) is 0 Å². The van der Waals surface area contributed by atoms with Gasteiger partial charge in [-0.15, -0.1) is 0 Å². The van der Waals surface area contributed by atoms with Gasteiger partial charge in [-0.25, -0.2) is 8.42 Å². The van der Waals surface area contributed by atoms with Gasteiger partial charge in [0, 0.05) is 18.7 Å². The fourth-order valence-corrected chi connectivity index (χ4v) is 2.37. The lowest BCUT2D eigenvalue weighted by Crippen LogP contribution is -2.16. The summed E-state index contributed by atoms with van der Waals surface area (Å²) < 4.78 is 32.4. The van der Waals surface area contributed by atoms with Crippen molar-refractivity contribution in [1.82, 2.24) is 9.78 Å². The molecule has 2 aromatic rings. The van der Waals surface area contributed by atoms with Crippen LogP contribution in [0.3, 0.4) is 0 Å². The molecule has 108 valence electrons. The molecule has 2 rings (SSSR count).